The molecule has 0 heterocycles. The second-order valence-electron chi connectivity index (χ2n) is 3.77. The van der Waals surface area contributed by atoms with E-state index in [1.807, 2.05) is 18.2 Å². The van der Waals surface area contributed by atoms with Crippen LogP contribution in [0.1, 0.15) is 38.2 Å². The monoisotopic (exact) mass is 208 g/mol. The van der Waals surface area contributed by atoms with Crippen LogP contribution in [-0.4, -0.2) is 13.2 Å². The van der Waals surface area contributed by atoms with Crippen molar-refractivity contribution in [2.75, 3.05) is 13.2 Å². The van der Waals surface area contributed by atoms with E-state index in [2.05, 4.69) is 26.0 Å². The highest BCUT2D eigenvalue weighted by Crippen LogP contribution is 2.14. The van der Waals surface area contributed by atoms with Crippen LogP contribution in [0, 0.1) is 0 Å². The third-order valence-corrected chi connectivity index (χ3v) is 2.35. The van der Waals surface area contributed by atoms with Gasteiger partial charge >= 0.3 is 0 Å². The van der Waals surface area contributed by atoms with Gasteiger partial charge in [0.1, 0.15) is 0 Å². The second kappa shape index (κ2) is 7.43. The third-order valence-electron chi connectivity index (χ3n) is 2.35. The fourth-order valence-electron chi connectivity index (χ4n) is 1.29. The maximum atomic E-state index is 5.15. The Labute approximate surface area is 92.1 Å². The lowest BCUT2D eigenvalue weighted by atomic mass is 10.0. The van der Waals surface area contributed by atoms with Crippen molar-refractivity contribution in [2.24, 2.45) is 0 Å². The molecule has 0 aliphatic carbocycles. The summed E-state index contributed by atoms with van der Waals surface area (Å²) in [6, 6.07) is 10.3. The molecule has 0 radical (unpaired) electrons. The minimum absolute atomic E-state index is 0.382. The maximum absolute atomic E-state index is 5.15. The van der Waals surface area contributed by atoms with Gasteiger partial charge in [0.05, 0.1) is 13.2 Å². The molecule has 0 fully saturated rings. The summed E-state index contributed by atoms with van der Waals surface area (Å²) in [5, 5.41) is 0. The van der Waals surface area contributed by atoms with Gasteiger partial charge < -0.3 is 0 Å². The van der Waals surface area contributed by atoms with Crippen LogP contribution in [0.15, 0.2) is 30.3 Å². The van der Waals surface area contributed by atoms with Gasteiger partial charge in [-0.25, -0.2) is 9.78 Å². The molecule has 0 aliphatic heterocycles. The number of hydrogen-bond donors (Lipinski definition) is 0. The molecule has 1 unspecified atom stereocenters. The average molecular weight is 208 g/mol. The minimum atomic E-state index is 0.382. The summed E-state index contributed by atoms with van der Waals surface area (Å²) in [7, 11) is 0. The lowest BCUT2D eigenvalue weighted by Crippen LogP contribution is -2.05. The molecule has 1 rings (SSSR count). The number of hydrogen-bond acceptors (Lipinski definition) is 2. The Bertz CT molecular complexity index is 246. The van der Waals surface area contributed by atoms with Crippen LogP contribution >= 0.6 is 0 Å². The molecular formula is C13H20O2. The van der Waals surface area contributed by atoms with Gasteiger partial charge in [0.2, 0.25) is 0 Å². The van der Waals surface area contributed by atoms with E-state index >= 15 is 0 Å². The van der Waals surface area contributed by atoms with Crippen molar-refractivity contribution in [3.8, 4) is 0 Å². The summed E-state index contributed by atoms with van der Waals surface area (Å²) in [5.74, 6) is 0.382. The molecule has 1 atom stereocenters. The predicted octanol–water partition coefficient (Wildman–Crippen LogP) is 3.54. The van der Waals surface area contributed by atoms with Crippen molar-refractivity contribution in [3.63, 3.8) is 0 Å². The summed E-state index contributed by atoms with van der Waals surface area (Å²) in [6.07, 6.45) is 2.19. The first-order valence-corrected chi connectivity index (χ1v) is 5.64. The fourth-order valence-corrected chi connectivity index (χ4v) is 1.29. The van der Waals surface area contributed by atoms with Crippen molar-refractivity contribution >= 4 is 0 Å². The van der Waals surface area contributed by atoms with Gasteiger partial charge in [-0.15, -0.1) is 0 Å². The molecule has 0 aliphatic rings. The second-order valence-corrected chi connectivity index (χ2v) is 3.77. The molecule has 0 N–H and O–H groups in total. The van der Waals surface area contributed by atoms with Crippen LogP contribution in [0.2, 0.25) is 0 Å². The molecule has 84 valence electrons. The molecule has 0 amide bonds. The van der Waals surface area contributed by atoms with Crippen molar-refractivity contribution in [2.45, 2.75) is 32.6 Å². The summed E-state index contributed by atoms with van der Waals surface area (Å²) in [4.78, 5) is 10.2. The van der Waals surface area contributed by atoms with Gasteiger partial charge in [0, 0.05) is 5.92 Å². The van der Waals surface area contributed by atoms with E-state index in [4.69, 9.17) is 9.78 Å². The Balaban J connectivity index is 2.16. The molecule has 0 saturated heterocycles. The normalized spacial score (nSPS) is 12.7. The van der Waals surface area contributed by atoms with Crippen LogP contribution in [0.5, 0.6) is 0 Å². The molecule has 1 aromatic carbocycles. The van der Waals surface area contributed by atoms with Crippen molar-refractivity contribution in [3.05, 3.63) is 35.9 Å². The summed E-state index contributed by atoms with van der Waals surface area (Å²) in [6.45, 7) is 5.58. The highest BCUT2D eigenvalue weighted by Gasteiger charge is 2.04. The zero-order valence-electron chi connectivity index (χ0n) is 9.61. The van der Waals surface area contributed by atoms with Crippen LogP contribution in [0.3, 0.4) is 0 Å². The van der Waals surface area contributed by atoms with E-state index in [1.54, 1.807) is 0 Å². The lowest BCUT2D eigenvalue weighted by molar-refractivity contribution is -0.297. The van der Waals surface area contributed by atoms with Crippen LogP contribution in [0.4, 0.5) is 0 Å². The van der Waals surface area contributed by atoms with Gasteiger partial charge in [-0.1, -0.05) is 50.6 Å². The quantitative estimate of drug-likeness (QED) is 0.387. The minimum Gasteiger partial charge on any atom is -0.237 e. The molecule has 0 spiro atoms. The van der Waals surface area contributed by atoms with Crippen LogP contribution < -0.4 is 0 Å². The Morgan fingerprint density at radius 2 is 1.87 bits per heavy atom. The Morgan fingerprint density at radius 1 is 1.13 bits per heavy atom. The molecule has 0 aromatic heterocycles. The van der Waals surface area contributed by atoms with Gasteiger partial charge in [-0.05, 0) is 12.0 Å². The van der Waals surface area contributed by atoms with Gasteiger partial charge in [0.25, 0.3) is 0 Å². The SMILES string of the molecule is CCCCOOCC(C)c1ccccc1. The van der Waals surface area contributed by atoms with Gasteiger partial charge in [-0.2, -0.15) is 0 Å². The molecule has 0 bridgehead atoms. The van der Waals surface area contributed by atoms with Crippen molar-refractivity contribution in [1.82, 2.24) is 0 Å². The fraction of sp³-hybridized carbons (Fsp3) is 0.538. The van der Waals surface area contributed by atoms with E-state index in [9.17, 15) is 0 Å². The Kier molecular flexibility index (Phi) is 6.05. The number of unbranched alkanes of at least 4 members (excludes halogenated alkanes) is 1. The summed E-state index contributed by atoms with van der Waals surface area (Å²) < 4.78 is 0. The largest absolute Gasteiger partial charge is 0.237 e. The van der Waals surface area contributed by atoms with E-state index in [0.717, 1.165) is 12.8 Å². The number of rotatable bonds is 7. The lowest BCUT2D eigenvalue weighted by Gasteiger charge is -2.11. The molecule has 2 heteroatoms. The van der Waals surface area contributed by atoms with Crippen molar-refractivity contribution < 1.29 is 9.78 Å². The topological polar surface area (TPSA) is 18.5 Å². The zero-order chi connectivity index (χ0) is 10.9. The standard InChI is InChI=1S/C13H20O2/c1-3-4-10-14-15-11-12(2)13-8-6-5-7-9-13/h5-9,12H,3-4,10-11H2,1-2H3. The maximum Gasteiger partial charge on any atom is 0.0888 e. The van der Waals surface area contributed by atoms with Gasteiger partial charge in [-0.3, -0.25) is 0 Å². The number of benzene rings is 1. The van der Waals surface area contributed by atoms with E-state index < -0.39 is 0 Å². The summed E-state index contributed by atoms with van der Waals surface area (Å²) in [5.41, 5.74) is 1.29. The van der Waals surface area contributed by atoms with Crippen LogP contribution in [0.25, 0.3) is 0 Å². The third kappa shape index (κ3) is 4.96. The van der Waals surface area contributed by atoms with Crippen LogP contribution in [-0.2, 0) is 9.78 Å². The smallest absolute Gasteiger partial charge is 0.0888 e. The highest BCUT2D eigenvalue weighted by atomic mass is 17.2. The zero-order valence-corrected chi connectivity index (χ0v) is 9.61. The first-order valence-electron chi connectivity index (χ1n) is 5.64. The van der Waals surface area contributed by atoms with Crippen molar-refractivity contribution in [1.29, 1.82) is 0 Å². The predicted molar refractivity (Wildman–Crippen MR) is 61.7 cm³/mol. The molecular weight excluding hydrogens is 188 g/mol. The van der Waals surface area contributed by atoms with E-state index in [0.29, 0.717) is 19.1 Å². The Morgan fingerprint density at radius 3 is 2.53 bits per heavy atom. The van der Waals surface area contributed by atoms with E-state index in [1.165, 1.54) is 5.56 Å². The van der Waals surface area contributed by atoms with E-state index in [-0.39, 0.29) is 0 Å². The first kappa shape index (κ1) is 12.2. The molecule has 0 saturated carbocycles. The highest BCUT2D eigenvalue weighted by molar-refractivity contribution is 5.18. The first-order chi connectivity index (χ1) is 7.34. The Hall–Kier alpha value is -0.860. The summed E-state index contributed by atoms with van der Waals surface area (Å²) >= 11 is 0. The average Bonchev–Trinajstić information content (AvgIpc) is 2.30. The molecule has 1 aromatic rings. The molecule has 15 heavy (non-hydrogen) atoms. The van der Waals surface area contributed by atoms with Gasteiger partial charge in [0.15, 0.2) is 0 Å². The molecule has 2 nitrogen and oxygen atoms in total.